The first-order chi connectivity index (χ1) is 19.8. The second-order valence-corrected chi connectivity index (χ2v) is 10.3. The lowest BCUT2D eigenvalue weighted by Gasteiger charge is -2.22. The number of aromatic nitrogens is 2. The summed E-state index contributed by atoms with van der Waals surface area (Å²) in [6, 6.07) is 45.1. The molecule has 0 amide bonds. The Morgan fingerprint density at radius 3 is 2.10 bits per heavy atom. The molecule has 0 spiro atoms. The van der Waals surface area contributed by atoms with E-state index in [0.717, 1.165) is 46.0 Å². The van der Waals surface area contributed by atoms with Gasteiger partial charge in [0.15, 0.2) is 0 Å². The van der Waals surface area contributed by atoms with Crippen LogP contribution in [0.25, 0.3) is 60.9 Å². The maximum atomic E-state index is 6.29. The van der Waals surface area contributed by atoms with Crippen molar-refractivity contribution in [1.82, 2.24) is 9.55 Å². The largest absolute Gasteiger partial charge is 0.456 e. The zero-order valence-electron chi connectivity index (χ0n) is 22.1. The van der Waals surface area contributed by atoms with Gasteiger partial charge in [0.05, 0.1) is 11.0 Å². The van der Waals surface area contributed by atoms with E-state index in [-0.39, 0.29) is 0 Å². The van der Waals surface area contributed by atoms with Gasteiger partial charge in [0.1, 0.15) is 17.3 Å². The van der Waals surface area contributed by atoms with Gasteiger partial charge in [-0.15, -0.1) is 0 Å². The van der Waals surface area contributed by atoms with Crippen LogP contribution in [0.1, 0.15) is 12.7 Å². The van der Waals surface area contributed by atoms with Crippen LogP contribution in [0.4, 0.5) is 0 Å². The highest BCUT2D eigenvalue weighted by atomic mass is 16.5. The maximum absolute atomic E-state index is 6.29. The first kappa shape index (κ1) is 22.8. The molecular formula is C37H26N2O. The minimum absolute atomic E-state index is 0.883. The summed E-state index contributed by atoms with van der Waals surface area (Å²) in [7, 11) is 0. The van der Waals surface area contributed by atoms with E-state index in [4.69, 9.17) is 9.72 Å². The average Bonchev–Trinajstić information content (AvgIpc) is 3.40. The van der Waals surface area contributed by atoms with Crippen LogP contribution in [0.5, 0.6) is 11.5 Å². The topological polar surface area (TPSA) is 27.1 Å². The van der Waals surface area contributed by atoms with E-state index in [1.807, 2.05) is 18.2 Å². The molecule has 3 nitrogen and oxygen atoms in total. The van der Waals surface area contributed by atoms with E-state index in [2.05, 4.69) is 121 Å². The number of nitrogens with zero attached hydrogens (tertiary/aromatic N) is 2. The molecule has 0 N–H and O–H groups in total. The molecule has 0 bridgehead atoms. The van der Waals surface area contributed by atoms with E-state index >= 15 is 0 Å². The number of benzene rings is 6. The summed E-state index contributed by atoms with van der Waals surface area (Å²) in [5, 5.41) is 2.39. The minimum Gasteiger partial charge on any atom is -0.456 e. The van der Waals surface area contributed by atoms with E-state index in [1.165, 1.54) is 38.6 Å². The lowest BCUT2D eigenvalue weighted by atomic mass is 9.90. The van der Waals surface area contributed by atoms with Crippen molar-refractivity contribution in [3.8, 4) is 50.6 Å². The first-order valence-corrected chi connectivity index (χ1v) is 13.8. The molecule has 0 saturated carbocycles. The van der Waals surface area contributed by atoms with Crippen molar-refractivity contribution >= 4 is 21.8 Å². The number of rotatable bonds is 4. The smallest absolute Gasteiger partial charge is 0.135 e. The zero-order valence-corrected chi connectivity index (χ0v) is 22.1. The molecule has 0 saturated heterocycles. The Morgan fingerprint density at radius 2 is 1.27 bits per heavy atom. The monoisotopic (exact) mass is 514 g/mol. The molecule has 3 heteroatoms. The van der Waals surface area contributed by atoms with Crippen molar-refractivity contribution in [3.05, 3.63) is 133 Å². The van der Waals surface area contributed by atoms with Crippen LogP contribution in [-0.4, -0.2) is 9.55 Å². The van der Waals surface area contributed by atoms with Gasteiger partial charge in [-0.3, -0.25) is 4.57 Å². The van der Waals surface area contributed by atoms with Gasteiger partial charge in [-0.05, 0) is 69.6 Å². The van der Waals surface area contributed by atoms with Gasteiger partial charge in [-0.2, -0.15) is 0 Å². The Hall–Kier alpha value is -5.15. The van der Waals surface area contributed by atoms with Crippen LogP contribution < -0.4 is 4.74 Å². The molecule has 0 unspecified atom stereocenters. The molecule has 0 radical (unpaired) electrons. The highest BCUT2D eigenvalue weighted by molar-refractivity contribution is 6.09. The molecular weight excluding hydrogens is 488 g/mol. The molecule has 1 aromatic heterocycles. The third kappa shape index (κ3) is 3.48. The molecule has 2 heterocycles. The van der Waals surface area contributed by atoms with Gasteiger partial charge in [-0.1, -0.05) is 97.9 Å². The number of aryl methyl sites for hydroxylation is 1. The first-order valence-electron chi connectivity index (χ1n) is 13.8. The van der Waals surface area contributed by atoms with Gasteiger partial charge in [-0.25, -0.2) is 4.98 Å². The van der Waals surface area contributed by atoms with Crippen molar-refractivity contribution in [3.63, 3.8) is 0 Å². The van der Waals surface area contributed by atoms with Gasteiger partial charge in [0.25, 0.3) is 0 Å². The van der Waals surface area contributed by atoms with Crippen molar-refractivity contribution in [1.29, 1.82) is 0 Å². The Balaban J connectivity index is 1.15. The molecule has 7 aromatic rings. The quantitative estimate of drug-likeness (QED) is 0.234. The highest BCUT2D eigenvalue weighted by Gasteiger charge is 2.21. The summed E-state index contributed by atoms with van der Waals surface area (Å²) in [5.41, 5.74) is 10.5. The van der Waals surface area contributed by atoms with Crippen LogP contribution in [0.2, 0.25) is 0 Å². The van der Waals surface area contributed by atoms with Crippen LogP contribution >= 0.6 is 0 Å². The predicted octanol–water partition coefficient (Wildman–Crippen LogP) is 9.85. The van der Waals surface area contributed by atoms with Gasteiger partial charge in [0, 0.05) is 23.1 Å². The Morgan fingerprint density at radius 1 is 0.575 bits per heavy atom. The van der Waals surface area contributed by atoms with Crippen molar-refractivity contribution in [2.24, 2.45) is 0 Å². The van der Waals surface area contributed by atoms with Gasteiger partial charge in [0.2, 0.25) is 0 Å². The Kier molecular flexibility index (Phi) is 5.11. The van der Waals surface area contributed by atoms with E-state index in [0.29, 0.717) is 0 Å². The Labute approximate surface area is 232 Å². The predicted molar refractivity (Wildman–Crippen MR) is 164 cm³/mol. The molecule has 1 aliphatic rings. The third-order valence-corrected chi connectivity index (χ3v) is 8.00. The summed E-state index contributed by atoms with van der Waals surface area (Å²) >= 11 is 0. The summed E-state index contributed by atoms with van der Waals surface area (Å²) < 4.78 is 8.55. The molecule has 190 valence electrons. The summed E-state index contributed by atoms with van der Waals surface area (Å²) in [6.07, 6.45) is 0.883. The van der Waals surface area contributed by atoms with Crippen LogP contribution in [-0.2, 0) is 6.42 Å². The fourth-order valence-corrected chi connectivity index (χ4v) is 6.08. The van der Waals surface area contributed by atoms with Crippen LogP contribution in [0, 0.1) is 0 Å². The normalized spacial score (nSPS) is 11.9. The number of hydrogen-bond acceptors (Lipinski definition) is 2. The van der Waals surface area contributed by atoms with Crippen molar-refractivity contribution < 1.29 is 4.74 Å². The van der Waals surface area contributed by atoms with Crippen molar-refractivity contribution in [2.75, 3.05) is 0 Å². The van der Waals surface area contributed by atoms with E-state index in [1.54, 1.807) is 0 Å². The lowest BCUT2D eigenvalue weighted by Crippen LogP contribution is -1.99. The molecule has 0 atom stereocenters. The maximum Gasteiger partial charge on any atom is 0.135 e. The van der Waals surface area contributed by atoms with Crippen LogP contribution in [0.3, 0.4) is 0 Å². The standard InChI is InChI=1S/C37H26N2O/c1-2-36-38-32-11-4-5-12-33(32)39(36)27-20-18-25(19-21-27)24-14-16-26(17-15-24)28-22-23-35-37-30(28)9-7-10-31(37)29-8-3-6-13-34(29)40-35/h3-23H,2H2,1H3. The fraction of sp³-hybridized carbons (Fsp3) is 0.0541. The second-order valence-electron chi connectivity index (χ2n) is 10.3. The third-order valence-electron chi connectivity index (χ3n) is 8.00. The van der Waals surface area contributed by atoms with E-state index < -0.39 is 0 Å². The number of ether oxygens (including phenoxy) is 1. The molecule has 6 aromatic carbocycles. The van der Waals surface area contributed by atoms with Crippen LogP contribution in [0.15, 0.2) is 127 Å². The summed E-state index contributed by atoms with van der Waals surface area (Å²) in [4.78, 5) is 4.83. The Bertz CT molecular complexity index is 2050. The van der Waals surface area contributed by atoms with Gasteiger partial charge >= 0.3 is 0 Å². The molecule has 8 rings (SSSR count). The lowest BCUT2D eigenvalue weighted by molar-refractivity contribution is 0.487. The number of imidazole rings is 1. The zero-order chi connectivity index (χ0) is 26.6. The van der Waals surface area contributed by atoms with E-state index in [9.17, 15) is 0 Å². The number of fused-ring (bicyclic) bond motifs is 3. The molecule has 40 heavy (non-hydrogen) atoms. The fourth-order valence-electron chi connectivity index (χ4n) is 6.08. The van der Waals surface area contributed by atoms with Gasteiger partial charge < -0.3 is 4.74 Å². The number of para-hydroxylation sites is 3. The summed E-state index contributed by atoms with van der Waals surface area (Å²) in [6.45, 7) is 2.16. The van der Waals surface area contributed by atoms with Crippen molar-refractivity contribution in [2.45, 2.75) is 13.3 Å². The molecule has 1 aliphatic heterocycles. The minimum atomic E-state index is 0.883. The molecule has 0 fully saturated rings. The summed E-state index contributed by atoms with van der Waals surface area (Å²) in [5.74, 6) is 2.91. The SMILES string of the molecule is CCc1nc2ccccc2n1-c1ccc(-c2ccc(-c3ccc4c5c(cccc35)-c3ccccc3O4)cc2)cc1. The molecule has 0 aliphatic carbocycles. The second kappa shape index (κ2) is 8.96. The number of hydrogen-bond donors (Lipinski definition) is 0. The highest BCUT2D eigenvalue weighted by Crippen LogP contribution is 2.48. The average molecular weight is 515 g/mol.